The van der Waals surface area contributed by atoms with E-state index in [0.717, 1.165) is 18.2 Å². The van der Waals surface area contributed by atoms with Crippen LogP contribution in [0.1, 0.15) is 34.8 Å². The third kappa shape index (κ3) is 4.10. The van der Waals surface area contributed by atoms with Crippen LogP contribution in [0, 0.1) is 11.6 Å². The second kappa shape index (κ2) is 9.14. The van der Waals surface area contributed by atoms with Gasteiger partial charge in [-0.15, -0.1) is 0 Å². The zero-order valence-electron chi connectivity index (χ0n) is 19.4. The Morgan fingerprint density at radius 3 is 2.86 bits per heavy atom. The van der Waals surface area contributed by atoms with Crippen LogP contribution in [0.2, 0.25) is 0 Å². The van der Waals surface area contributed by atoms with Crippen LogP contribution < -0.4 is 19.7 Å². The summed E-state index contributed by atoms with van der Waals surface area (Å²) in [5, 5.41) is 7.22. The van der Waals surface area contributed by atoms with Gasteiger partial charge < -0.3 is 19.7 Å². The SMILES string of the molecule is O=C(NCC1COc2ccccc2O1)c1cnn2ccc(N3CCC[C@@H]3c3cc(F)ccc3F)cc12. The van der Waals surface area contributed by atoms with Crippen LogP contribution in [-0.2, 0) is 0 Å². The Hall–Kier alpha value is -4.14. The molecule has 4 heterocycles. The van der Waals surface area contributed by atoms with Crippen LogP contribution in [0.4, 0.5) is 14.5 Å². The molecule has 0 radical (unpaired) electrons. The second-order valence-electron chi connectivity index (χ2n) is 9.00. The molecule has 1 N–H and O–H groups in total. The molecular weight excluding hydrogens is 466 g/mol. The highest BCUT2D eigenvalue weighted by Crippen LogP contribution is 2.38. The quantitative estimate of drug-likeness (QED) is 0.446. The number of hydrogen-bond acceptors (Lipinski definition) is 5. The molecule has 1 amide bonds. The summed E-state index contributed by atoms with van der Waals surface area (Å²) >= 11 is 0. The summed E-state index contributed by atoms with van der Waals surface area (Å²) in [6.07, 6.45) is 4.55. The van der Waals surface area contributed by atoms with Gasteiger partial charge in [0.15, 0.2) is 11.5 Å². The maximum Gasteiger partial charge on any atom is 0.255 e. The number of anilines is 1. The van der Waals surface area contributed by atoms with Crippen molar-refractivity contribution in [2.24, 2.45) is 0 Å². The highest BCUT2D eigenvalue weighted by Gasteiger charge is 2.29. The van der Waals surface area contributed by atoms with Crippen molar-refractivity contribution in [2.75, 3.05) is 24.6 Å². The van der Waals surface area contributed by atoms with Gasteiger partial charge in [0.1, 0.15) is 24.3 Å². The largest absolute Gasteiger partial charge is 0.486 e. The molecule has 0 bridgehead atoms. The number of hydrogen-bond donors (Lipinski definition) is 1. The molecule has 0 saturated carbocycles. The Morgan fingerprint density at radius 2 is 1.97 bits per heavy atom. The van der Waals surface area contributed by atoms with E-state index in [1.165, 1.54) is 18.3 Å². The average molecular weight is 491 g/mol. The minimum absolute atomic E-state index is 0.275. The molecule has 1 unspecified atom stereocenters. The van der Waals surface area contributed by atoms with Gasteiger partial charge in [-0.3, -0.25) is 4.79 Å². The Balaban J connectivity index is 1.21. The highest BCUT2D eigenvalue weighted by molar-refractivity contribution is 6.01. The summed E-state index contributed by atoms with van der Waals surface area (Å²) in [5.74, 6) is 0.181. The molecule has 1 fully saturated rings. The number of fused-ring (bicyclic) bond motifs is 2. The highest BCUT2D eigenvalue weighted by atomic mass is 19.1. The van der Waals surface area contributed by atoms with Gasteiger partial charge in [-0.05, 0) is 55.3 Å². The van der Waals surface area contributed by atoms with E-state index in [0.29, 0.717) is 47.7 Å². The maximum atomic E-state index is 14.5. The number of aromatic nitrogens is 2. The van der Waals surface area contributed by atoms with Crippen LogP contribution in [0.3, 0.4) is 0 Å². The topological polar surface area (TPSA) is 68.1 Å². The summed E-state index contributed by atoms with van der Waals surface area (Å²) < 4.78 is 41.7. The Labute approximate surface area is 206 Å². The van der Waals surface area contributed by atoms with E-state index in [1.54, 1.807) is 10.7 Å². The van der Waals surface area contributed by atoms with Crippen molar-refractivity contribution in [1.82, 2.24) is 14.9 Å². The number of rotatable bonds is 5. The van der Waals surface area contributed by atoms with E-state index in [-0.39, 0.29) is 24.6 Å². The molecule has 2 aliphatic heterocycles. The third-order valence-corrected chi connectivity index (χ3v) is 6.71. The summed E-state index contributed by atoms with van der Waals surface area (Å²) in [6.45, 7) is 1.31. The van der Waals surface area contributed by atoms with Crippen LogP contribution in [-0.4, -0.2) is 41.3 Å². The first-order valence-electron chi connectivity index (χ1n) is 11.9. The monoisotopic (exact) mass is 490 g/mol. The Morgan fingerprint density at radius 1 is 1.11 bits per heavy atom. The van der Waals surface area contributed by atoms with Crippen LogP contribution in [0.15, 0.2) is 67.0 Å². The molecule has 2 aromatic carbocycles. The van der Waals surface area contributed by atoms with Crippen molar-refractivity contribution in [2.45, 2.75) is 25.0 Å². The number of pyridine rings is 1. The van der Waals surface area contributed by atoms with E-state index in [4.69, 9.17) is 9.47 Å². The first kappa shape index (κ1) is 22.3. The first-order chi connectivity index (χ1) is 17.6. The minimum atomic E-state index is -0.459. The molecule has 2 aromatic heterocycles. The lowest BCUT2D eigenvalue weighted by atomic mass is 10.0. The number of halogens is 2. The molecule has 0 spiro atoms. The van der Waals surface area contributed by atoms with Gasteiger partial charge >= 0.3 is 0 Å². The number of carbonyl (C=O) groups excluding carboxylic acids is 1. The van der Waals surface area contributed by atoms with Gasteiger partial charge in [0.25, 0.3) is 5.91 Å². The molecule has 6 rings (SSSR count). The summed E-state index contributed by atoms with van der Waals surface area (Å²) in [5.41, 5.74) is 2.21. The summed E-state index contributed by atoms with van der Waals surface area (Å²) in [6, 6.07) is 14.4. The van der Waals surface area contributed by atoms with Crippen molar-refractivity contribution in [1.29, 1.82) is 0 Å². The lowest BCUT2D eigenvalue weighted by Gasteiger charge is -2.27. The molecule has 36 heavy (non-hydrogen) atoms. The van der Waals surface area contributed by atoms with Crippen LogP contribution >= 0.6 is 0 Å². The smallest absolute Gasteiger partial charge is 0.255 e. The lowest BCUT2D eigenvalue weighted by Crippen LogP contribution is -2.40. The van der Waals surface area contributed by atoms with Gasteiger partial charge in [0.05, 0.1) is 29.9 Å². The number of para-hydroxylation sites is 2. The number of carbonyl (C=O) groups is 1. The zero-order chi connectivity index (χ0) is 24.6. The fraction of sp³-hybridized carbons (Fsp3) is 0.259. The predicted molar refractivity (Wildman–Crippen MR) is 130 cm³/mol. The van der Waals surface area contributed by atoms with Crippen molar-refractivity contribution in [3.63, 3.8) is 0 Å². The lowest BCUT2D eigenvalue weighted by molar-refractivity contribution is 0.0790. The van der Waals surface area contributed by atoms with Crippen molar-refractivity contribution in [3.05, 3.63) is 89.8 Å². The van der Waals surface area contributed by atoms with Gasteiger partial charge in [0, 0.05) is 24.0 Å². The number of ether oxygens (including phenoxy) is 2. The molecule has 0 aliphatic carbocycles. The Bertz CT molecular complexity index is 1440. The number of benzene rings is 2. The molecule has 184 valence electrons. The molecule has 9 heteroatoms. The summed E-state index contributed by atoms with van der Waals surface area (Å²) in [4.78, 5) is 15.1. The Kier molecular flexibility index (Phi) is 5.67. The maximum absolute atomic E-state index is 14.5. The number of nitrogens with zero attached hydrogens (tertiary/aromatic N) is 3. The standard InChI is InChI=1S/C27H24F2N4O3/c28-17-7-8-22(29)20(12-17)23-4-3-10-32(23)18-9-11-33-24(13-18)21(15-31-33)27(34)30-14-19-16-35-25-5-1-2-6-26(25)36-19/h1-2,5-9,11-13,15,19,23H,3-4,10,14,16H2,(H,30,34)/t19?,23-/m1/s1. The van der Waals surface area contributed by atoms with Gasteiger partial charge in [0.2, 0.25) is 0 Å². The number of nitrogens with one attached hydrogen (secondary N) is 1. The molecular formula is C27H24F2N4O3. The molecule has 1 saturated heterocycles. The van der Waals surface area contributed by atoms with E-state index in [2.05, 4.69) is 15.3 Å². The summed E-state index contributed by atoms with van der Waals surface area (Å²) in [7, 11) is 0. The van der Waals surface area contributed by atoms with Gasteiger partial charge in [-0.1, -0.05) is 12.1 Å². The van der Waals surface area contributed by atoms with Crippen molar-refractivity contribution >= 4 is 17.1 Å². The van der Waals surface area contributed by atoms with Gasteiger partial charge in [-0.25, -0.2) is 13.3 Å². The molecule has 2 aliphatic rings. The van der Waals surface area contributed by atoms with E-state index >= 15 is 0 Å². The molecule has 7 nitrogen and oxygen atoms in total. The molecule has 4 aromatic rings. The van der Waals surface area contributed by atoms with Crippen LogP contribution in [0.25, 0.3) is 5.52 Å². The van der Waals surface area contributed by atoms with E-state index in [9.17, 15) is 13.6 Å². The normalized spacial score (nSPS) is 19.0. The van der Waals surface area contributed by atoms with E-state index in [1.807, 2.05) is 36.4 Å². The zero-order valence-corrected chi connectivity index (χ0v) is 19.4. The van der Waals surface area contributed by atoms with E-state index < -0.39 is 11.6 Å². The fourth-order valence-corrected chi connectivity index (χ4v) is 4.96. The first-order valence-corrected chi connectivity index (χ1v) is 11.9. The average Bonchev–Trinajstić information content (AvgIpc) is 3.55. The van der Waals surface area contributed by atoms with Crippen LogP contribution in [0.5, 0.6) is 11.5 Å². The van der Waals surface area contributed by atoms with Crippen molar-refractivity contribution < 1.29 is 23.0 Å². The predicted octanol–water partition coefficient (Wildman–Crippen LogP) is 4.52. The van der Waals surface area contributed by atoms with Crippen molar-refractivity contribution in [3.8, 4) is 11.5 Å². The minimum Gasteiger partial charge on any atom is -0.486 e. The fourth-order valence-electron chi connectivity index (χ4n) is 4.96. The third-order valence-electron chi connectivity index (χ3n) is 6.71. The second-order valence-corrected chi connectivity index (χ2v) is 9.00. The number of amides is 1. The molecule has 2 atom stereocenters. The van der Waals surface area contributed by atoms with Gasteiger partial charge in [-0.2, -0.15) is 5.10 Å².